The molecule has 17 heavy (non-hydrogen) atoms. The minimum Gasteiger partial charge on any atom is -0.497 e. The van der Waals surface area contributed by atoms with E-state index in [9.17, 15) is 0 Å². The van der Waals surface area contributed by atoms with E-state index in [4.69, 9.17) is 4.74 Å². The van der Waals surface area contributed by atoms with Gasteiger partial charge in [0, 0.05) is 17.9 Å². The number of ether oxygens (including phenoxy) is 1. The van der Waals surface area contributed by atoms with Gasteiger partial charge in [0.2, 0.25) is 0 Å². The average molecular weight is 232 g/mol. The molecule has 3 atom stereocenters. The van der Waals surface area contributed by atoms with Crippen LogP contribution in [-0.2, 0) is 6.54 Å². The molecule has 3 unspecified atom stereocenters. The van der Waals surface area contributed by atoms with E-state index in [1.165, 1.54) is 42.4 Å². The lowest BCUT2D eigenvalue weighted by Crippen LogP contribution is -2.49. The van der Waals surface area contributed by atoms with E-state index in [1.54, 1.807) is 7.11 Å². The van der Waals surface area contributed by atoms with Crippen LogP contribution in [0.4, 0.5) is 0 Å². The lowest BCUT2D eigenvalue weighted by Gasteiger charge is -2.38. The predicted octanol–water partition coefficient (Wildman–Crippen LogP) is 2.82. The van der Waals surface area contributed by atoms with E-state index in [-0.39, 0.29) is 0 Å². The number of fused-ring (bicyclic) bond motifs is 2. The van der Waals surface area contributed by atoms with Crippen molar-refractivity contribution in [2.75, 3.05) is 20.7 Å². The highest BCUT2D eigenvalue weighted by atomic mass is 16.5. The van der Waals surface area contributed by atoms with Crippen LogP contribution in [0.3, 0.4) is 0 Å². The molecule has 2 fully saturated rings. The summed E-state index contributed by atoms with van der Waals surface area (Å²) in [7, 11) is 4.16. The van der Waals surface area contributed by atoms with Crippen LogP contribution in [0.2, 0.25) is 0 Å². The van der Waals surface area contributed by atoms with Gasteiger partial charge in [-0.25, -0.2) is 0 Å². The molecule has 1 aliphatic carbocycles. The Balaban J connectivity index is 1.73. The van der Waals surface area contributed by atoms with Gasteiger partial charge in [-0.15, -0.1) is 0 Å². The number of nitrogens with zero attached hydrogens (tertiary/aromatic N) is 1. The minimum atomic E-state index is 0.919. The van der Waals surface area contributed by atoms with Crippen LogP contribution in [0.15, 0.2) is 24.3 Å². The molecule has 0 spiro atoms. The molecule has 2 heteroatoms. The maximum absolute atomic E-state index is 5.21. The lowest BCUT2D eigenvalue weighted by atomic mass is 10.1. The van der Waals surface area contributed by atoms with E-state index in [0.717, 1.165) is 17.7 Å². The fourth-order valence-electron chi connectivity index (χ4n) is 3.86. The third-order valence-electron chi connectivity index (χ3n) is 4.77. The fraction of sp³-hybridized carbons (Fsp3) is 0.600. The molecule has 92 valence electrons. The summed E-state index contributed by atoms with van der Waals surface area (Å²) in [6, 6.07) is 9.51. The first kappa shape index (κ1) is 11.1. The number of rotatable bonds is 3. The summed E-state index contributed by atoms with van der Waals surface area (Å²) in [5, 5.41) is 0. The standard InChI is InChI=1S/C15H22NO/c1-16(11-13-3-6-14(16)9-13)10-12-4-7-15(17-2)8-5-12/h4-5,7-8,13-14H,3,6,9-11H2,1-2H3/q+1. The average Bonchev–Trinajstić information content (AvgIpc) is 2.89. The van der Waals surface area contributed by atoms with E-state index in [0.29, 0.717) is 0 Å². The SMILES string of the molecule is COc1ccc(C[N+]2(C)CC3CCC2C3)cc1. The second-order valence-electron chi connectivity index (χ2n) is 6.00. The van der Waals surface area contributed by atoms with Crippen molar-refractivity contribution in [3.05, 3.63) is 29.8 Å². The molecule has 3 rings (SSSR count). The van der Waals surface area contributed by atoms with Crippen LogP contribution >= 0.6 is 0 Å². The Labute approximate surface area is 104 Å². The van der Waals surface area contributed by atoms with Crippen molar-refractivity contribution in [2.24, 2.45) is 5.92 Å². The zero-order valence-electron chi connectivity index (χ0n) is 10.9. The maximum atomic E-state index is 5.21. The first-order chi connectivity index (χ1) is 8.19. The van der Waals surface area contributed by atoms with E-state index >= 15 is 0 Å². The fourth-order valence-corrected chi connectivity index (χ4v) is 3.86. The van der Waals surface area contributed by atoms with Crippen molar-refractivity contribution in [3.8, 4) is 5.75 Å². The highest BCUT2D eigenvalue weighted by Gasteiger charge is 2.48. The molecular formula is C15H22NO+. The van der Waals surface area contributed by atoms with Gasteiger partial charge in [0.25, 0.3) is 0 Å². The first-order valence-electron chi connectivity index (χ1n) is 6.67. The topological polar surface area (TPSA) is 9.23 Å². The molecule has 2 bridgehead atoms. The second-order valence-corrected chi connectivity index (χ2v) is 6.00. The lowest BCUT2D eigenvalue weighted by molar-refractivity contribution is -0.938. The zero-order valence-corrected chi connectivity index (χ0v) is 10.9. The van der Waals surface area contributed by atoms with E-state index < -0.39 is 0 Å². The number of quaternary nitrogens is 1. The molecule has 1 saturated heterocycles. The molecule has 1 aromatic carbocycles. The first-order valence-corrected chi connectivity index (χ1v) is 6.67. The zero-order chi connectivity index (χ0) is 11.9. The third-order valence-corrected chi connectivity index (χ3v) is 4.77. The molecule has 1 aromatic rings. The number of hydrogen-bond donors (Lipinski definition) is 0. The molecule has 0 radical (unpaired) electrons. The minimum absolute atomic E-state index is 0.919. The molecule has 0 aromatic heterocycles. The van der Waals surface area contributed by atoms with Crippen LogP contribution in [-0.4, -0.2) is 31.2 Å². The van der Waals surface area contributed by atoms with Gasteiger partial charge in [0.05, 0.1) is 26.7 Å². The summed E-state index contributed by atoms with van der Waals surface area (Å²) in [6.07, 6.45) is 4.38. The highest BCUT2D eigenvalue weighted by molar-refractivity contribution is 5.26. The molecule has 1 heterocycles. The molecule has 0 amide bonds. The summed E-state index contributed by atoms with van der Waals surface area (Å²) in [5.41, 5.74) is 1.45. The van der Waals surface area contributed by atoms with Crippen molar-refractivity contribution in [1.29, 1.82) is 0 Å². The van der Waals surface area contributed by atoms with Gasteiger partial charge in [0.15, 0.2) is 0 Å². The summed E-state index contributed by atoms with van der Waals surface area (Å²) in [6.45, 7) is 2.57. The van der Waals surface area contributed by atoms with Gasteiger partial charge < -0.3 is 9.22 Å². The molecular weight excluding hydrogens is 210 g/mol. The van der Waals surface area contributed by atoms with Gasteiger partial charge in [0.1, 0.15) is 12.3 Å². The van der Waals surface area contributed by atoms with Crippen molar-refractivity contribution in [3.63, 3.8) is 0 Å². The monoisotopic (exact) mass is 232 g/mol. The maximum Gasteiger partial charge on any atom is 0.118 e. The van der Waals surface area contributed by atoms with Gasteiger partial charge in [-0.1, -0.05) is 0 Å². The summed E-state index contributed by atoms with van der Waals surface area (Å²) in [4.78, 5) is 0. The van der Waals surface area contributed by atoms with E-state index in [2.05, 4.69) is 31.3 Å². The Morgan fingerprint density at radius 1 is 1.24 bits per heavy atom. The van der Waals surface area contributed by atoms with Crippen molar-refractivity contribution in [1.82, 2.24) is 0 Å². The molecule has 1 saturated carbocycles. The van der Waals surface area contributed by atoms with Crippen LogP contribution in [0, 0.1) is 5.92 Å². The van der Waals surface area contributed by atoms with Gasteiger partial charge in [-0.3, -0.25) is 0 Å². The summed E-state index contributed by atoms with van der Waals surface area (Å²) < 4.78 is 6.47. The summed E-state index contributed by atoms with van der Waals surface area (Å²) >= 11 is 0. The molecule has 2 aliphatic rings. The Morgan fingerprint density at radius 2 is 2.00 bits per heavy atom. The van der Waals surface area contributed by atoms with Crippen molar-refractivity contribution < 1.29 is 9.22 Å². The Bertz CT molecular complexity index is 400. The molecule has 2 nitrogen and oxygen atoms in total. The van der Waals surface area contributed by atoms with Crippen LogP contribution in [0.5, 0.6) is 5.75 Å². The van der Waals surface area contributed by atoms with Gasteiger partial charge in [-0.05, 0) is 37.1 Å². The Morgan fingerprint density at radius 3 is 2.53 bits per heavy atom. The molecule has 0 N–H and O–H groups in total. The Hall–Kier alpha value is -1.02. The highest BCUT2D eigenvalue weighted by Crippen LogP contribution is 2.42. The quantitative estimate of drug-likeness (QED) is 0.728. The number of methoxy groups -OCH3 is 1. The number of benzene rings is 1. The number of hydrogen-bond acceptors (Lipinski definition) is 1. The van der Waals surface area contributed by atoms with E-state index in [1.807, 2.05) is 0 Å². The van der Waals surface area contributed by atoms with Crippen molar-refractivity contribution >= 4 is 0 Å². The van der Waals surface area contributed by atoms with Gasteiger partial charge in [-0.2, -0.15) is 0 Å². The number of likely N-dealkylation sites (tertiary alicyclic amines) is 1. The van der Waals surface area contributed by atoms with Crippen LogP contribution in [0.1, 0.15) is 24.8 Å². The normalized spacial score (nSPS) is 35.2. The molecule has 1 aliphatic heterocycles. The van der Waals surface area contributed by atoms with Crippen LogP contribution in [0.25, 0.3) is 0 Å². The predicted molar refractivity (Wildman–Crippen MR) is 68.9 cm³/mol. The Kier molecular flexibility index (Phi) is 2.62. The third kappa shape index (κ3) is 1.95. The smallest absolute Gasteiger partial charge is 0.118 e. The van der Waals surface area contributed by atoms with Crippen molar-refractivity contribution in [2.45, 2.75) is 31.8 Å². The van der Waals surface area contributed by atoms with Gasteiger partial charge >= 0.3 is 0 Å². The number of piperidine rings is 1. The summed E-state index contributed by atoms with van der Waals surface area (Å²) in [5.74, 6) is 1.96. The largest absolute Gasteiger partial charge is 0.497 e. The second kappa shape index (κ2) is 4.02. The van der Waals surface area contributed by atoms with Crippen LogP contribution < -0.4 is 4.74 Å².